The average Bonchev–Trinajstić information content (AvgIpc) is 2.54. The minimum Gasteiger partial charge on any atom is -0.497 e. The van der Waals surface area contributed by atoms with Crippen molar-refractivity contribution in [2.75, 3.05) is 20.2 Å². The van der Waals surface area contributed by atoms with Crippen LogP contribution in [0.2, 0.25) is 0 Å². The number of hydrogen-bond acceptors (Lipinski definition) is 4. The number of likely N-dealkylation sites (tertiary alicyclic amines) is 1. The van der Waals surface area contributed by atoms with E-state index in [9.17, 15) is 14.7 Å². The van der Waals surface area contributed by atoms with Gasteiger partial charge in [-0.3, -0.25) is 9.59 Å². The third-order valence-corrected chi connectivity index (χ3v) is 4.13. The van der Waals surface area contributed by atoms with Gasteiger partial charge in [0.15, 0.2) is 5.60 Å². The number of nitrogens with zero attached hydrogens (tertiary/aromatic N) is 1. The van der Waals surface area contributed by atoms with Crippen molar-refractivity contribution in [2.45, 2.75) is 25.4 Å². The van der Waals surface area contributed by atoms with E-state index in [0.29, 0.717) is 13.0 Å². The number of ether oxygens (including phenoxy) is 1. The molecule has 0 spiro atoms. The highest BCUT2D eigenvalue weighted by atomic mass is 16.5. The summed E-state index contributed by atoms with van der Waals surface area (Å²) in [4.78, 5) is 25.2. The Kier molecular flexibility index (Phi) is 5.05. The Balaban J connectivity index is 2.11. The van der Waals surface area contributed by atoms with E-state index in [0.717, 1.165) is 16.9 Å². The number of rotatable bonds is 4. The van der Waals surface area contributed by atoms with Crippen molar-refractivity contribution >= 4 is 17.4 Å². The van der Waals surface area contributed by atoms with Gasteiger partial charge in [0.1, 0.15) is 5.75 Å². The number of benzene rings is 1. The van der Waals surface area contributed by atoms with E-state index < -0.39 is 11.5 Å². The van der Waals surface area contributed by atoms with Gasteiger partial charge in [-0.2, -0.15) is 0 Å². The highest BCUT2D eigenvalue weighted by molar-refractivity contribution is 5.95. The summed E-state index contributed by atoms with van der Waals surface area (Å²) >= 11 is 0. The van der Waals surface area contributed by atoms with Crippen molar-refractivity contribution in [3.05, 3.63) is 35.9 Å². The van der Waals surface area contributed by atoms with Crippen LogP contribution < -0.4 is 10.5 Å². The van der Waals surface area contributed by atoms with Crippen LogP contribution in [0.15, 0.2) is 30.3 Å². The number of amides is 2. The third kappa shape index (κ3) is 3.90. The van der Waals surface area contributed by atoms with Crippen molar-refractivity contribution in [1.29, 1.82) is 0 Å². The molecule has 1 unspecified atom stereocenters. The summed E-state index contributed by atoms with van der Waals surface area (Å²) in [5, 5.41) is 10.2. The van der Waals surface area contributed by atoms with Gasteiger partial charge in [-0.05, 0) is 43.0 Å². The first-order chi connectivity index (χ1) is 10.9. The van der Waals surface area contributed by atoms with E-state index in [1.54, 1.807) is 7.11 Å². The summed E-state index contributed by atoms with van der Waals surface area (Å²) in [6, 6.07) is 7.38. The molecule has 1 aliphatic rings. The van der Waals surface area contributed by atoms with Gasteiger partial charge in [-0.25, -0.2) is 0 Å². The van der Waals surface area contributed by atoms with E-state index in [1.807, 2.05) is 31.2 Å². The highest BCUT2D eigenvalue weighted by Gasteiger charge is 2.39. The molecule has 0 bridgehead atoms. The van der Waals surface area contributed by atoms with Crippen molar-refractivity contribution in [1.82, 2.24) is 4.90 Å². The van der Waals surface area contributed by atoms with Gasteiger partial charge in [0.2, 0.25) is 5.91 Å². The van der Waals surface area contributed by atoms with Crippen molar-refractivity contribution in [3.8, 4) is 5.75 Å². The molecule has 1 aromatic rings. The summed E-state index contributed by atoms with van der Waals surface area (Å²) in [6.45, 7) is 2.28. The maximum absolute atomic E-state index is 12.4. The zero-order valence-electron chi connectivity index (χ0n) is 13.4. The van der Waals surface area contributed by atoms with Crippen LogP contribution in [0.4, 0.5) is 0 Å². The molecule has 1 aromatic carbocycles. The lowest BCUT2D eigenvalue weighted by molar-refractivity contribution is -0.146. The molecule has 2 rings (SSSR count). The lowest BCUT2D eigenvalue weighted by atomic mass is 9.92. The summed E-state index contributed by atoms with van der Waals surface area (Å²) < 4.78 is 5.10. The Labute approximate surface area is 135 Å². The molecular weight excluding hydrogens is 296 g/mol. The molecule has 1 saturated heterocycles. The van der Waals surface area contributed by atoms with Crippen molar-refractivity contribution < 1.29 is 19.4 Å². The second-order valence-corrected chi connectivity index (χ2v) is 5.82. The lowest BCUT2D eigenvalue weighted by Gasteiger charge is -2.36. The number of methoxy groups -OCH3 is 1. The first kappa shape index (κ1) is 17.0. The van der Waals surface area contributed by atoms with E-state index in [1.165, 1.54) is 11.0 Å². The predicted octanol–water partition coefficient (Wildman–Crippen LogP) is 0.937. The first-order valence-corrected chi connectivity index (χ1v) is 7.49. The standard InChI is InChI=1S/C17H22N2O4/c1-12(13-4-6-14(23-2)7-5-13)10-15(20)19-9-3-8-17(22,11-19)16(18)21/h4-7,10,22H,3,8-9,11H2,1-2H3,(H2,18,21)/b12-10+. The number of carbonyl (C=O) groups is 2. The molecule has 1 atom stereocenters. The molecule has 0 saturated carbocycles. The highest BCUT2D eigenvalue weighted by Crippen LogP contribution is 2.23. The SMILES string of the molecule is COc1ccc(/C(C)=C/C(=O)N2CCCC(O)(C(N)=O)C2)cc1. The predicted molar refractivity (Wildman–Crippen MR) is 86.6 cm³/mol. The van der Waals surface area contributed by atoms with E-state index in [4.69, 9.17) is 10.5 Å². The molecule has 1 heterocycles. The molecule has 1 aliphatic heterocycles. The van der Waals surface area contributed by atoms with Crippen molar-refractivity contribution in [3.63, 3.8) is 0 Å². The molecule has 6 nitrogen and oxygen atoms in total. The minimum atomic E-state index is -1.63. The Morgan fingerprint density at radius 3 is 2.57 bits per heavy atom. The molecule has 0 aromatic heterocycles. The van der Waals surface area contributed by atoms with Crippen molar-refractivity contribution in [2.24, 2.45) is 5.73 Å². The fourth-order valence-electron chi connectivity index (χ4n) is 2.64. The van der Waals surface area contributed by atoms with Gasteiger partial charge in [0, 0.05) is 12.6 Å². The zero-order valence-corrected chi connectivity index (χ0v) is 13.4. The van der Waals surface area contributed by atoms with Crippen LogP contribution in [0, 0.1) is 0 Å². The minimum absolute atomic E-state index is 0.0619. The van der Waals surface area contributed by atoms with E-state index >= 15 is 0 Å². The van der Waals surface area contributed by atoms with Crippen LogP contribution >= 0.6 is 0 Å². The van der Waals surface area contributed by atoms with Gasteiger partial charge in [0.25, 0.3) is 5.91 Å². The van der Waals surface area contributed by atoms with Crippen LogP contribution in [-0.2, 0) is 9.59 Å². The molecule has 6 heteroatoms. The number of β-amino-alcohol motifs (C(OH)–C–C–N with tert-alkyl or cyclic N) is 1. The van der Waals surface area contributed by atoms with Gasteiger partial charge in [-0.15, -0.1) is 0 Å². The zero-order chi connectivity index (χ0) is 17.0. The average molecular weight is 318 g/mol. The van der Waals surface area contributed by atoms with Crippen LogP contribution in [0.5, 0.6) is 5.75 Å². The molecule has 1 fully saturated rings. The van der Waals surface area contributed by atoms with Crippen LogP contribution in [0.25, 0.3) is 5.57 Å². The summed E-state index contributed by atoms with van der Waals surface area (Å²) in [6.07, 6.45) is 2.34. The summed E-state index contributed by atoms with van der Waals surface area (Å²) in [5.74, 6) is -0.279. The summed E-state index contributed by atoms with van der Waals surface area (Å²) in [7, 11) is 1.59. The normalized spacial score (nSPS) is 21.9. The van der Waals surface area contributed by atoms with Gasteiger partial charge in [0.05, 0.1) is 13.7 Å². The number of hydrogen-bond donors (Lipinski definition) is 2. The fourth-order valence-corrected chi connectivity index (χ4v) is 2.64. The molecule has 124 valence electrons. The summed E-state index contributed by atoms with van der Waals surface area (Å²) in [5.41, 5.74) is 5.30. The Morgan fingerprint density at radius 1 is 1.35 bits per heavy atom. The van der Waals surface area contributed by atoms with Crippen LogP contribution in [-0.4, -0.2) is 47.6 Å². The number of piperidine rings is 1. The number of carbonyl (C=O) groups excluding carboxylic acids is 2. The quantitative estimate of drug-likeness (QED) is 0.808. The third-order valence-electron chi connectivity index (χ3n) is 4.13. The largest absolute Gasteiger partial charge is 0.497 e. The Bertz CT molecular complexity index is 624. The number of aliphatic hydroxyl groups is 1. The second kappa shape index (κ2) is 6.83. The second-order valence-electron chi connectivity index (χ2n) is 5.82. The topological polar surface area (TPSA) is 92.9 Å². The molecule has 0 radical (unpaired) electrons. The first-order valence-electron chi connectivity index (χ1n) is 7.49. The molecule has 23 heavy (non-hydrogen) atoms. The molecule has 2 amide bonds. The van der Waals surface area contributed by atoms with Gasteiger partial charge >= 0.3 is 0 Å². The number of nitrogens with two attached hydrogens (primary N) is 1. The number of allylic oxidation sites excluding steroid dienone is 1. The maximum atomic E-state index is 12.4. The van der Waals surface area contributed by atoms with Gasteiger partial charge in [-0.1, -0.05) is 12.1 Å². The van der Waals surface area contributed by atoms with Gasteiger partial charge < -0.3 is 20.5 Å². The van der Waals surface area contributed by atoms with Crippen LogP contribution in [0.3, 0.4) is 0 Å². The number of primary amides is 1. The lowest BCUT2D eigenvalue weighted by Crippen LogP contribution is -2.56. The Morgan fingerprint density at radius 2 is 2.00 bits per heavy atom. The molecule has 3 N–H and O–H groups in total. The maximum Gasteiger partial charge on any atom is 0.251 e. The van der Waals surface area contributed by atoms with E-state index in [2.05, 4.69) is 0 Å². The van der Waals surface area contributed by atoms with E-state index in [-0.39, 0.29) is 18.9 Å². The smallest absolute Gasteiger partial charge is 0.251 e. The molecule has 0 aliphatic carbocycles. The van der Waals surface area contributed by atoms with Crippen LogP contribution in [0.1, 0.15) is 25.3 Å². The monoisotopic (exact) mass is 318 g/mol. The Hall–Kier alpha value is -2.34. The fraction of sp³-hybridized carbons (Fsp3) is 0.412. The molecular formula is C17H22N2O4.